The smallest absolute Gasteiger partial charge is 0.262 e. The number of rotatable bonds is 4. The standard InChI is InChI=1S/C19H17F2N3O2S/c1-3-24-18(26)14-6-4-11(8-16(14)23-19(24)27)17(25)22-10(2)13-7-5-12(20)9-15(13)21/h4-10H,3H2,1-2H3,(H,22,25)(H,23,27). The monoisotopic (exact) mass is 389 g/mol. The first-order valence-electron chi connectivity index (χ1n) is 8.34. The Labute approximate surface area is 158 Å². The highest BCUT2D eigenvalue weighted by Crippen LogP contribution is 2.19. The summed E-state index contributed by atoms with van der Waals surface area (Å²) in [5, 5.41) is 3.08. The van der Waals surface area contributed by atoms with E-state index in [2.05, 4.69) is 10.3 Å². The average molecular weight is 389 g/mol. The summed E-state index contributed by atoms with van der Waals surface area (Å²) in [4.78, 5) is 27.8. The van der Waals surface area contributed by atoms with Gasteiger partial charge in [0.2, 0.25) is 0 Å². The molecular weight excluding hydrogens is 372 g/mol. The fourth-order valence-corrected chi connectivity index (χ4v) is 3.22. The van der Waals surface area contributed by atoms with Crippen LogP contribution in [0.25, 0.3) is 10.9 Å². The number of hydrogen-bond donors (Lipinski definition) is 2. The van der Waals surface area contributed by atoms with Crippen molar-refractivity contribution in [3.8, 4) is 0 Å². The van der Waals surface area contributed by atoms with Crippen LogP contribution >= 0.6 is 12.2 Å². The number of carbonyl (C=O) groups excluding carboxylic acids is 1. The number of halogens is 2. The number of amides is 1. The quantitative estimate of drug-likeness (QED) is 0.666. The van der Waals surface area contributed by atoms with Gasteiger partial charge < -0.3 is 10.3 Å². The van der Waals surface area contributed by atoms with Gasteiger partial charge in [-0.1, -0.05) is 6.07 Å². The van der Waals surface area contributed by atoms with E-state index in [0.29, 0.717) is 17.4 Å². The third kappa shape index (κ3) is 3.66. The van der Waals surface area contributed by atoms with Crippen molar-refractivity contribution < 1.29 is 13.6 Å². The molecular formula is C19H17F2N3O2S. The molecule has 0 bridgehead atoms. The van der Waals surface area contributed by atoms with Crippen molar-refractivity contribution in [1.29, 1.82) is 0 Å². The molecule has 1 unspecified atom stereocenters. The van der Waals surface area contributed by atoms with Crippen molar-refractivity contribution in [2.24, 2.45) is 0 Å². The Morgan fingerprint density at radius 3 is 2.67 bits per heavy atom. The van der Waals surface area contributed by atoms with Crippen molar-refractivity contribution in [3.63, 3.8) is 0 Å². The van der Waals surface area contributed by atoms with Crippen LogP contribution in [0.15, 0.2) is 41.2 Å². The SMILES string of the molecule is CCn1c(=S)[nH]c2cc(C(=O)NC(C)c3ccc(F)cc3F)ccc2c1=O. The number of aromatic nitrogens is 2. The maximum atomic E-state index is 13.9. The second-order valence-electron chi connectivity index (χ2n) is 6.10. The van der Waals surface area contributed by atoms with Gasteiger partial charge in [0.05, 0.1) is 16.9 Å². The minimum absolute atomic E-state index is 0.177. The highest BCUT2D eigenvalue weighted by Gasteiger charge is 2.16. The molecule has 5 nitrogen and oxygen atoms in total. The lowest BCUT2D eigenvalue weighted by molar-refractivity contribution is 0.0939. The molecule has 27 heavy (non-hydrogen) atoms. The predicted octanol–water partition coefficient (Wildman–Crippen LogP) is 3.85. The molecule has 0 spiro atoms. The minimum Gasteiger partial charge on any atom is -0.345 e. The highest BCUT2D eigenvalue weighted by molar-refractivity contribution is 7.71. The van der Waals surface area contributed by atoms with E-state index in [1.165, 1.54) is 22.8 Å². The second kappa shape index (κ2) is 7.40. The summed E-state index contributed by atoms with van der Waals surface area (Å²) in [5.74, 6) is -1.87. The molecule has 1 amide bonds. The van der Waals surface area contributed by atoms with Gasteiger partial charge in [0.15, 0.2) is 4.77 Å². The molecule has 0 aliphatic rings. The van der Waals surface area contributed by atoms with Gasteiger partial charge in [-0.25, -0.2) is 8.78 Å². The first-order valence-corrected chi connectivity index (χ1v) is 8.75. The van der Waals surface area contributed by atoms with E-state index in [4.69, 9.17) is 12.2 Å². The lowest BCUT2D eigenvalue weighted by Gasteiger charge is -2.15. The second-order valence-corrected chi connectivity index (χ2v) is 6.49. The summed E-state index contributed by atoms with van der Waals surface area (Å²) in [7, 11) is 0. The number of hydrogen-bond acceptors (Lipinski definition) is 3. The molecule has 3 rings (SSSR count). The van der Waals surface area contributed by atoms with Crippen LogP contribution in [0.5, 0.6) is 0 Å². The van der Waals surface area contributed by atoms with Crippen LogP contribution in [0.4, 0.5) is 8.78 Å². The average Bonchev–Trinajstić information content (AvgIpc) is 2.61. The number of benzene rings is 2. The van der Waals surface area contributed by atoms with Crippen molar-refractivity contribution in [3.05, 3.63) is 74.3 Å². The molecule has 0 fully saturated rings. The van der Waals surface area contributed by atoms with E-state index in [9.17, 15) is 18.4 Å². The molecule has 1 aromatic heterocycles. The number of nitrogens with one attached hydrogen (secondary N) is 2. The van der Waals surface area contributed by atoms with Gasteiger partial charge in [0.1, 0.15) is 11.6 Å². The summed E-state index contributed by atoms with van der Waals surface area (Å²) in [5.41, 5.74) is 0.680. The van der Waals surface area contributed by atoms with Gasteiger partial charge >= 0.3 is 0 Å². The van der Waals surface area contributed by atoms with Gasteiger partial charge in [-0.05, 0) is 50.3 Å². The van der Waals surface area contributed by atoms with Gasteiger partial charge in [0, 0.05) is 23.7 Å². The zero-order valence-corrected chi connectivity index (χ0v) is 15.5. The fraction of sp³-hybridized carbons (Fsp3) is 0.211. The number of H-pyrrole nitrogens is 1. The Hall–Kier alpha value is -2.87. The van der Waals surface area contributed by atoms with E-state index in [0.717, 1.165) is 12.1 Å². The highest BCUT2D eigenvalue weighted by atomic mass is 32.1. The molecule has 3 aromatic rings. The Morgan fingerprint density at radius 1 is 1.26 bits per heavy atom. The molecule has 2 aromatic carbocycles. The number of carbonyl (C=O) groups is 1. The summed E-state index contributed by atoms with van der Waals surface area (Å²) < 4.78 is 28.6. The predicted molar refractivity (Wildman–Crippen MR) is 101 cm³/mol. The first kappa shape index (κ1) is 18.9. The molecule has 0 aliphatic carbocycles. The van der Waals surface area contributed by atoms with Crippen molar-refractivity contribution in [2.75, 3.05) is 0 Å². The maximum absolute atomic E-state index is 13.9. The number of aromatic amines is 1. The molecule has 140 valence electrons. The molecule has 8 heteroatoms. The number of nitrogens with zero attached hydrogens (tertiary/aromatic N) is 1. The maximum Gasteiger partial charge on any atom is 0.262 e. The van der Waals surface area contributed by atoms with Crippen LogP contribution in [-0.4, -0.2) is 15.5 Å². The van der Waals surface area contributed by atoms with E-state index >= 15 is 0 Å². The normalized spacial score (nSPS) is 12.1. The summed E-state index contributed by atoms with van der Waals surface area (Å²) in [6.45, 7) is 3.85. The van der Waals surface area contributed by atoms with Gasteiger partial charge in [-0.15, -0.1) is 0 Å². The number of fused-ring (bicyclic) bond motifs is 1. The zero-order chi connectivity index (χ0) is 19.7. The molecule has 1 heterocycles. The minimum atomic E-state index is -0.731. The van der Waals surface area contributed by atoms with Crippen LogP contribution in [0.1, 0.15) is 35.8 Å². The summed E-state index contributed by atoms with van der Waals surface area (Å²) >= 11 is 5.17. The molecule has 0 saturated carbocycles. The first-order chi connectivity index (χ1) is 12.8. The van der Waals surface area contributed by atoms with Gasteiger partial charge in [0.25, 0.3) is 11.5 Å². The van der Waals surface area contributed by atoms with Gasteiger partial charge in [-0.2, -0.15) is 0 Å². The Kier molecular flexibility index (Phi) is 5.18. The van der Waals surface area contributed by atoms with Crippen LogP contribution in [0, 0.1) is 16.4 Å². The van der Waals surface area contributed by atoms with E-state index in [1.54, 1.807) is 13.0 Å². The van der Waals surface area contributed by atoms with Gasteiger partial charge in [-0.3, -0.25) is 14.2 Å². The lowest BCUT2D eigenvalue weighted by atomic mass is 10.1. The van der Waals surface area contributed by atoms with Crippen LogP contribution < -0.4 is 10.9 Å². The molecule has 0 aliphatic heterocycles. The van der Waals surface area contributed by atoms with E-state index in [1.807, 2.05) is 6.92 Å². The van der Waals surface area contributed by atoms with Crippen LogP contribution in [-0.2, 0) is 6.54 Å². The van der Waals surface area contributed by atoms with Crippen molar-refractivity contribution in [2.45, 2.75) is 26.4 Å². The van der Waals surface area contributed by atoms with Crippen LogP contribution in [0.3, 0.4) is 0 Å². The topological polar surface area (TPSA) is 66.9 Å². The third-order valence-corrected chi connectivity index (χ3v) is 4.66. The Morgan fingerprint density at radius 2 is 2.00 bits per heavy atom. The Balaban J connectivity index is 1.92. The van der Waals surface area contributed by atoms with E-state index in [-0.39, 0.29) is 21.5 Å². The molecule has 2 N–H and O–H groups in total. The fourth-order valence-electron chi connectivity index (χ4n) is 2.89. The zero-order valence-electron chi connectivity index (χ0n) is 14.7. The summed E-state index contributed by atoms with van der Waals surface area (Å²) in [6.07, 6.45) is 0. The third-order valence-electron chi connectivity index (χ3n) is 4.34. The van der Waals surface area contributed by atoms with Crippen molar-refractivity contribution in [1.82, 2.24) is 14.9 Å². The Bertz CT molecular complexity index is 1150. The molecule has 1 atom stereocenters. The largest absolute Gasteiger partial charge is 0.345 e. The molecule has 0 radical (unpaired) electrons. The van der Waals surface area contributed by atoms with Crippen molar-refractivity contribution >= 4 is 29.0 Å². The molecule has 0 saturated heterocycles. The summed E-state index contributed by atoms with van der Waals surface area (Å²) in [6, 6.07) is 7.12. The van der Waals surface area contributed by atoms with E-state index < -0.39 is 23.6 Å². The lowest BCUT2D eigenvalue weighted by Crippen LogP contribution is -2.27. The van der Waals surface area contributed by atoms with Crippen LogP contribution in [0.2, 0.25) is 0 Å².